The largest absolute Gasteiger partial charge is 0.507 e. The van der Waals surface area contributed by atoms with Crippen molar-refractivity contribution < 1.29 is 24.0 Å². The van der Waals surface area contributed by atoms with Crippen molar-refractivity contribution in [1.82, 2.24) is 0 Å². The Balaban J connectivity index is 2.17. The lowest BCUT2D eigenvalue weighted by Crippen LogP contribution is -2.19. The molecule has 3 N–H and O–H groups in total. The number of carbonyl (C=O) groups is 1. The monoisotopic (exact) mass is 450 g/mol. The molecule has 0 saturated heterocycles. The molecule has 0 amide bonds. The molecule has 0 heterocycles. The van der Waals surface area contributed by atoms with E-state index in [9.17, 15) is 24.0 Å². The molecule has 0 atom stereocenters. The molecule has 2 aliphatic rings. The zero-order valence-corrected chi connectivity index (χ0v) is 17.0. The molecule has 1 saturated carbocycles. The highest BCUT2D eigenvalue weighted by molar-refractivity contribution is 9.10. The molecule has 2 aromatic rings. The fourth-order valence-corrected chi connectivity index (χ4v) is 5.11. The van der Waals surface area contributed by atoms with Crippen LogP contribution in [0.4, 0.5) is 3.89 Å². The maximum Gasteiger partial charge on any atom is 0.196 e. The molecule has 7 heteroatoms. The number of phenolic OH excluding ortho intramolecular Hbond substituents is 3. The molecule has 140 valence electrons. The molecular formula is C20H16BrFO4S. The van der Waals surface area contributed by atoms with E-state index in [0.717, 1.165) is 12.8 Å². The van der Waals surface area contributed by atoms with Gasteiger partial charge in [0.2, 0.25) is 0 Å². The van der Waals surface area contributed by atoms with Gasteiger partial charge in [0.15, 0.2) is 5.78 Å². The van der Waals surface area contributed by atoms with Gasteiger partial charge in [0, 0.05) is 22.3 Å². The van der Waals surface area contributed by atoms with E-state index in [1.54, 1.807) is 6.92 Å². The fourth-order valence-electron chi connectivity index (χ4n) is 3.90. The van der Waals surface area contributed by atoms with Gasteiger partial charge in [-0.2, -0.15) is 3.89 Å². The van der Waals surface area contributed by atoms with E-state index in [0.29, 0.717) is 16.7 Å². The first-order chi connectivity index (χ1) is 12.7. The third kappa shape index (κ3) is 2.31. The predicted octanol–water partition coefficient (Wildman–Crippen LogP) is 5.64. The van der Waals surface area contributed by atoms with E-state index in [2.05, 4.69) is 22.5 Å². The van der Waals surface area contributed by atoms with Crippen molar-refractivity contribution in [3.05, 3.63) is 50.0 Å². The average molecular weight is 451 g/mol. The van der Waals surface area contributed by atoms with Crippen LogP contribution in [0.2, 0.25) is 0 Å². The molecule has 2 aromatic carbocycles. The van der Waals surface area contributed by atoms with Gasteiger partial charge in [0.1, 0.15) is 17.2 Å². The zero-order valence-electron chi connectivity index (χ0n) is 14.6. The predicted molar refractivity (Wildman–Crippen MR) is 106 cm³/mol. The van der Waals surface area contributed by atoms with Crippen molar-refractivity contribution in [2.75, 3.05) is 0 Å². The minimum Gasteiger partial charge on any atom is -0.507 e. The quantitative estimate of drug-likeness (QED) is 0.470. The first-order valence-corrected chi connectivity index (χ1v) is 9.89. The van der Waals surface area contributed by atoms with Crippen LogP contribution < -0.4 is 0 Å². The molecule has 0 aromatic heterocycles. The summed E-state index contributed by atoms with van der Waals surface area (Å²) in [6, 6.07) is 0. The Kier molecular flexibility index (Phi) is 4.09. The molecule has 0 aliphatic heterocycles. The Morgan fingerprint density at radius 2 is 1.63 bits per heavy atom. The van der Waals surface area contributed by atoms with Crippen LogP contribution in [-0.2, 0) is 0 Å². The number of ketones is 1. The summed E-state index contributed by atoms with van der Waals surface area (Å²) in [5.41, 5.74) is 2.39. The van der Waals surface area contributed by atoms with Crippen molar-refractivity contribution in [2.45, 2.75) is 37.5 Å². The van der Waals surface area contributed by atoms with Gasteiger partial charge in [-0.25, -0.2) is 0 Å². The van der Waals surface area contributed by atoms with Crippen LogP contribution >= 0.6 is 28.1 Å². The summed E-state index contributed by atoms with van der Waals surface area (Å²) in [7, 11) is 0. The van der Waals surface area contributed by atoms with Gasteiger partial charge in [-0.15, -0.1) is 0 Å². The molecule has 4 nitrogen and oxygen atoms in total. The summed E-state index contributed by atoms with van der Waals surface area (Å²) in [5, 5.41) is 31.4. The van der Waals surface area contributed by atoms with Crippen LogP contribution in [0.5, 0.6) is 17.2 Å². The Morgan fingerprint density at radius 1 is 1.00 bits per heavy atom. The summed E-state index contributed by atoms with van der Waals surface area (Å²) in [6.07, 6.45) is 1.76. The number of hydrogen-bond acceptors (Lipinski definition) is 5. The Morgan fingerprint density at radius 3 is 2.19 bits per heavy atom. The molecule has 0 unspecified atom stereocenters. The average Bonchev–Trinajstić information content (AvgIpc) is 3.47. The topological polar surface area (TPSA) is 77.8 Å². The van der Waals surface area contributed by atoms with Gasteiger partial charge in [0.05, 0.1) is 27.1 Å². The minimum absolute atomic E-state index is 0.0721. The second kappa shape index (κ2) is 6.01. The summed E-state index contributed by atoms with van der Waals surface area (Å²) < 4.78 is 14.0. The normalized spacial score (nSPS) is 15.7. The van der Waals surface area contributed by atoms with Crippen LogP contribution in [0.1, 0.15) is 62.5 Å². The number of benzene rings is 2. The summed E-state index contributed by atoms with van der Waals surface area (Å²) in [6.45, 7) is 7.18. The molecule has 4 rings (SSSR count). The molecule has 1 fully saturated rings. The highest BCUT2D eigenvalue weighted by Crippen LogP contribution is 2.56. The van der Waals surface area contributed by atoms with E-state index in [4.69, 9.17) is 0 Å². The van der Waals surface area contributed by atoms with E-state index < -0.39 is 5.78 Å². The number of phenols is 3. The lowest BCUT2D eigenvalue weighted by Gasteiger charge is -2.29. The summed E-state index contributed by atoms with van der Waals surface area (Å²) in [4.78, 5) is 13.4. The van der Waals surface area contributed by atoms with Gasteiger partial charge in [0.25, 0.3) is 0 Å². The number of rotatable bonds is 2. The van der Waals surface area contributed by atoms with Gasteiger partial charge in [-0.3, -0.25) is 4.79 Å². The number of aromatic hydroxyl groups is 3. The van der Waals surface area contributed by atoms with Gasteiger partial charge < -0.3 is 15.3 Å². The fraction of sp³-hybridized carbons (Fsp3) is 0.250. The number of carbonyl (C=O) groups excluding carboxylic acids is 1. The van der Waals surface area contributed by atoms with Crippen molar-refractivity contribution in [2.24, 2.45) is 0 Å². The molecule has 0 spiro atoms. The van der Waals surface area contributed by atoms with E-state index in [1.165, 1.54) is 6.92 Å². The highest BCUT2D eigenvalue weighted by atomic mass is 79.9. The van der Waals surface area contributed by atoms with Gasteiger partial charge >= 0.3 is 0 Å². The first kappa shape index (κ1) is 18.4. The van der Waals surface area contributed by atoms with Crippen LogP contribution in [0, 0.1) is 13.8 Å². The molecule has 0 radical (unpaired) electrons. The second-order valence-corrected chi connectivity index (χ2v) is 8.37. The summed E-state index contributed by atoms with van der Waals surface area (Å²) >= 11 is 3.12. The lowest BCUT2D eigenvalue weighted by molar-refractivity contribution is 0.103. The number of fused-ring (bicyclic) bond motifs is 2. The Bertz CT molecular complexity index is 1070. The van der Waals surface area contributed by atoms with Crippen molar-refractivity contribution >= 4 is 39.4 Å². The third-order valence-electron chi connectivity index (χ3n) is 5.47. The van der Waals surface area contributed by atoms with Gasteiger partial charge in [-0.1, -0.05) is 6.58 Å². The van der Waals surface area contributed by atoms with E-state index in [-0.39, 0.29) is 72.5 Å². The second-order valence-electron chi connectivity index (χ2n) is 7.01. The summed E-state index contributed by atoms with van der Waals surface area (Å²) in [5.74, 6) is -1.01. The SMILES string of the molecule is C=C1c2c(O)c(C)c(O)c(Br)c2C(=O)c2c1c(SF)c(O)c(C)c2C1CC1. The lowest BCUT2D eigenvalue weighted by atomic mass is 9.76. The molecule has 0 bridgehead atoms. The molecule has 2 aliphatic carbocycles. The van der Waals surface area contributed by atoms with E-state index in [1.807, 2.05) is 0 Å². The smallest absolute Gasteiger partial charge is 0.196 e. The van der Waals surface area contributed by atoms with Crippen molar-refractivity contribution in [3.63, 3.8) is 0 Å². The number of hydrogen-bond donors (Lipinski definition) is 3. The standard InChI is InChI=1S/C20H16BrFO4S/c1-6-11-14(15(21)17(24)8(3)16(11)23)19(26)13-10(9-4-5-9)7(2)18(25)20(27-22)12(6)13/h9,23-25H,1,4-5H2,2-3H3. The Hall–Kier alpha value is -1.99. The number of halogens is 2. The maximum atomic E-state index is 13.8. The van der Waals surface area contributed by atoms with Crippen LogP contribution in [0.25, 0.3) is 5.57 Å². The van der Waals surface area contributed by atoms with Crippen molar-refractivity contribution in [1.29, 1.82) is 0 Å². The molecule has 27 heavy (non-hydrogen) atoms. The van der Waals surface area contributed by atoms with Crippen molar-refractivity contribution in [3.8, 4) is 17.2 Å². The maximum absolute atomic E-state index is 13.8. The van der Waals surface area contributed by atoms with E-state index >= 15 is 0 Å². The Labute approximate surface area is 168 Å². The zero-order chi connectivity index (χ0) is 19.8. The van der Waals surface area contributed by atoms with Crippen LogP contribution in [0.15, 0.2) is 15.9 Å². The minimum atomic E-state index is -0.426. The van der Waals surface area contributed by atoms with Crippen LogP contribution in [-0.4, -0.2) is 21.1 Å². The van der Waals surface area contributed by atoms with Crippen LogP contribution in [0.3, 0.4) is 0 Å². The molecular weight excluding hydrogens is 435 g/mol. The van der Waals surface area contributed by atoms with Gasteiger partial charge in [-0.05, 0) is 65.2 Å². The highest BCUT2D eigenvalue weighted by Gasteiger charge is 2.41. The third-order valence-corrected chi connectivity index (χ3v) is 6.79. The first-order valence-electron chi connectivity index (χ1n) is 8.38.